The maximum absolute atomic E-state index is 2.47. The fraction of sp³-hybridized carbons (Fsp3) is 0. The minimum Gasteiger partial charge on any atom is -0.309 e. The van der Waals surface area contributed by atoms with Crippen LogP contribution in [0.5, 0.6) is 0 Å². The molecule has 0 saturated heterocycles. The van der Waals surface area contributed by atoms with E-state index in [-0.39, 0.29) is 0 Å². The number of rotatable bonds is 4. The molecule has 1 heterocycles. The van der Waals surface area contributed by atoms with E-state index in [0.717, 1.165) is 5.69 Å². The largest absolute Gasteiger partial charge is 0.309 e. The monoisotopic (exact) mass is 621 g/mol. The highest BCUT2D eigenvalue weighted by Crippen LogP contribution is 2.48. The predicted octanol–water partition coefficient (Wildman–Crippen LogP) is 13.2. The van der Waals surface area contributed by atoms with Gasteiger partial charge in [0, 0.05) is 16.5 Å². The van der Waals surface area contributed by atoms with Crippen LogP contribution in [0.1, 0.15) is 0 Å². The SMILES string of the molecule is c1ccc(-c2ccc3c4c5ccccc5c(-c5c6ccccc6c(-c6ccccc6)c6ccccc56)cc4n(-c4ccccc4)c3c2)cc1. The fourth-order valence-corrected chi connectivity index (χ4v) is 8.08. The molecule has 49 heavy (non-hydrogen) atoms. The van der Waals surface area contributed by atoms with Crippen molar-refractivity contribution in [2.24, 2.45) is 0 Å². The molecule has 0 bridgehead atoms. The molecule has 1 aromatic heterocycles. The van der Waals surface area contributed by atoms with Crippen LogP contribution in [0.25, 0.3) is 93.2 Å². The number of aromatic nitrogens is 1. The highest BCUT2D eigenvalue weighted by molar-refractivity contribution is 6.29. The van der Waals surface area contributed by atoms with E-state index >= 15 is 0 Å². The average molecular weight is 622 g/mol. The molecule has 0 fully saturated rings. The van der Waals surface area contributed by atoms with Crippen molar-refractivity contribution >= 4 is 54.1 Å². The van der Waals surface area contributed by atoms with Gasteiger partial charge in [0.05, 0.1) is 11.0 Å². The second-order valence-corrected chi connectivity index (χ2v) is 12.8. The minimum atomic E-state index is 1.16. The Kier molecular flexibility index (Phi) is 6.25. The molecule has 9 aromatic carbocycles. The van der Waals surface area contributed by atoms with Crippen molar-refractivity contribution in [1.29, 1.82) is 0 Å². The van der Waals surface area contributed by atoms with E-state index in [1.807, 2.05) is 0 Å². The molecule has 10 rings (SSSR count). The summed E-state index contributed by atoms with van der Waals surface area (Å²) in [5.41, 5.74) is 11.1. The van der Waals surface area contributed by atoms with E-state index in [9.17, 15) is 0 Å². The molecule has 0 radical (unpaired) electrons. The lowest BCUT2D eigenvalue weighted by molar-refractivity contribution is 1.18. The van der Waals surface area contributed by atoms with Gasteiger partial charge in [-0.25, -0.2) is 0 Å². The van der Waals surface area contributed by atoms with E-state index < -0.39 is 0 Å². The van der Waals surface area contributed by atoms with Gasteiger partial charge in [0.15, 0.2) is 0 Å². The van der Waals surface area contributed by atoms with E-state index in [0.29, 0.717) is 0 Å². The maximum atomic E-state index is 2.47. The van der Waals surface area contributed by atoms with Crippen molar-refractivity contribution in [2.75, 3.05) is 0 Å². The summed E-state index contributed by atoms with van der Waals surface area (Å²) in [6, 6.07) is 68.7. The standard InChI is InChI=1S/C48H31N/c1-4-16-32(17-5-1)34-28-29-42-44(30-34)49(35-20-8-3-9-21-35)45-31-43(36-22-10-11-23-37(36)48(42)45)47-40-26-14-12-24-38(40)46(33-18-6-2-7-19-33)39-25-13-15-27-41(39)47/h1-31H. The van der Waals surface area contributed by atoms with Crippen molar-refractivity contribution in [1.82, 2.24) is 4.57 Å². The Labute approximate surface area is 284 Å². The van der Waals surface area contributed by atoms with Gasteiger partial charge in [-0.15, -0.1) is 0 Å². The lowest BCUT2D eigenvalue weighted by atomic mass is 9.84. The van der Waals surface area contributed by atoms with Crippen molar-refractivity contribution < 1.29 is 0 Å². The Morgan fingerprint density at radius 3 is 1.39 bits per heavy atom. The second-order valence-electron chi connectivity index (χ2n) is 12.8. The van der Waals surface area contributed by atoms with Crippen LogP contribution in [0.15, 0.2) is 188 Å². The van der Waals surface area contributed by atoms with Gasteiger partial charge in [0.2, 0.25) is 0 Å². The van der Waals surface area contributed by atoms with Crippen LogP contribution in [-0.2, 0) is 0 Å². The predicted molar refractivity (Wildman–Crippen MR) is 210 cm³/mol. The number of hydrogen-bond donors (Lipinski definition) is 0. The number of para-hydroxylation sites is 1. The molecule has 0 aliphatic heterocycles. The lowest BCUT2D eigenvalue weighted by Crippen LogP contribution is -1.95. The van der Waals surface area contributed by atoms with Crippen LogP contribution in [-0.4, -0.2) is 4.57 Å². The average Bonchev–Trinajstić information content (AvgIpc) is 3.51. The van der Waals surface area contributed by atoms with Crippen molar-refractivity contribution in [3.63, 3.8) is 0 Å². The number of hydrogen-bond acceptors (Lipinski definition) is 0. The zero-order chi connectivity index (χ0) is 32.3. The molecule has 0 saturated carbocycles. The van der Waals surface area contributed by atoms with Gasteiger partial charge in [-0.2, -0.15) is 0 Å². The molecule has 1 nitrogen and oxygen atoms in total. The van der Waals surface area contributed by atoms with E-state index in [1.165, 1.54) is 87.5 Å². The quantitative estimate of drug-likeness (QED) is 0.172. The first-order valence-electron chi connectivity index (χ1n) is 17.0. The van der Waals surface area contributed by atoms with Gasteiger partial charge in [0.1, 0.15) is 0 Å². The van der Waals surface area contributed by atoms with Gasteiger partial charge < -0.3 is 4.57 Å². The minimum absolute atomic E-state index is 1.16. The third-order valence-corrected chi connectivity index (χ3v) is 10.2. The topological polar surface area (TPSA) is 4.93 Å². The normalized spacial score (nSPS) is 11.7. The van der Waals surface area contributed by atoms with Gasteiger partial charge in [-0.1, -0.05) is 164 Å². The highest BCUT2D eigenvalue weighted by Gasteiger charge is 2.22. The molecular formula is C48H31N. The molecule has 1 heteroatoms. The zero-order valence-corrected chi connectivity index (χ0v) is 26.8. The van der Waals surface area contributed by atoms with E-state index in [1.54, 1.807) is 0 Å². The molecule has 0 N–H and O–H groups in total. The maximum Gasteiger partial charge on any atom is 0.0553 e. The first-order valence-corrected chi connectivity index (χ1v) is 17.0. The van der Waals surface area contributed by atoms with Crippen LogP contribution >= 0.6 is 0 Å². The Hall–Kier alpha value is -6.44. The van der Waals surface area contributed by atoms with Gasteiger partial charge >= 0.3 is 0 Å². The van der Waals surface area contributed by atoms with Crippen molar-refractivity contribution in [2.45, 2.75) is 0 Å². The fourth-order valence-electron chi connectivity index (χ4n) is 8.08. The Morgan fingerprint density at radius 1 is 0.286 bits per heavy atom. The number of nitrogens with zero attached hydrogens (tertiary/aromatic N) is 1. The molecule has 0 spiro atoms. The number of benzene rings is 9. The van der Waals surface area contributed by atoms with Crippen LogP contribution in [0.4, 0.5) is 0 Å². The molecule has 228 valence electrons. The van der Waals surface area contributed by atoms with Gasteiger partial charge in [-0.3, -0.25) is 0 Å². The summed E-state index contributed by atoms with van der Waals surface area (Å²) in [5, 5.41) is 10.1. The van der Waals surface area contributed by atoms with Gasteiger partial charge in [0.25, 0.3) is 0 Å². The zero-order valence-electron chi connectivity index (χ0n) is 26.8. The summed E-state index contributed by atoms with van der Waals surface area (Å²) < 4.78 is 2.47. The summed E-state index contributed by atoms with van der Waals surface area (Å²) in [6.07, 6.45) is 0. The molecule has 0 amide bonds. The van der Waals surface area contributed by atoms with Crippen LogP contribution in [0.3, 0.4) is 0 Å². The third kappa shape index (κ3) is 4.26. The van der Waals surface area contributed by atoms with Crippen LogP contribution in [0.2, 0.25) is 0 Å². The van der Waals surface area contributed by atoms with E-state index in [2.05, 4.69) is 193 Å². The summed E-state index contributed by atoms with van der Waals surface area (Å²) in [4.78, 5) is 0. The van der Waals surface area contributed by atoms with Crippen molar-refractivity contribution in [3.05, 3.63) is 188 Å². The Bertz CT molecular complexity index is 2790. The molecule has 0 atom stereocenters. The molecule has 0 unspecified atom stereocenters. The third-order valence-electron chi connectivity index (χ3n) is 10.2. The first-order chi connectivity index (χ1) is 24.3. The summed E-state index contributed by atoms with van der Waals surface area (Å²) in [6.45, 7) is 0. The Balaban J connectivity index is 1.39. The Morgan fingerprint density at radius 2 is 0.776 bits per heavy atom. The summed E-state index contributed by atoms with van der Waals surface area (Å²) in [7, 11) is 0. The molecule has 10 aromatic rings. The summed E-state index contributed by atoms with van der Waals surface area (Å²) in [5.74, 6) is 0. The van der Waals surface area contributed by atoms with E-state index in [4.69, 9.17) is 0 Å². The number of fused-ring (bicyclic) bond motifs is 7. The van der Waals surface area contributed by atoms with Gasteiger partial charge in [-0.05, 0) is 90.0 Å². The molecule has 0 aliphatic carbocycles. The second kappa shape index (κ2) is 11.1. The molecular weight excluding hydrogens is 591 g/mol. The lowest BCUT2D eigenvalue weighted by Gasteiger charge is -2.19. The first kappa shape index (κ1) is 27.7. The smallest absolute Gasteiger partial charge is 0.0553 e. The van der Waals surface area contributed by atoms with Crippen LogP contribution in [0, 0.1) is 0 Å². The van der Waals surface area contributed by atoms with Crippen molar-refractivity contribution in [3.8, 4) is 39.1 Å². The van der Waals surface area contributed by atoms with Crippen LogP contribution < -0.4 is 0 Å². The molecule has 0 aliphatic rings. The summed E-state index contributed by atoms with van der Waals surface area (Å²) >= 11 is 0. The highest BCUT2D eigenvalue weighted by atomic mass is 15.0.